The molecule has 0 radical (unpaired) electrons. The SMILES string of the molecule is COC(=O)c1cccc(N2CCN(C(=O)c3cccs3)CC2)c1. The molecule has 1 aromatic heterocycles. The Morgan fingerprint density at radius 1 is 1.09 bits per heavy atom. The molecule has 1 aliphatic rings. The molecule has 1 saturated heterocycles. The first-order valence-corrected chi connectivity index (χ1v) is 8.33. The second-order valence-corrected chi connectivity index (χ2v) is 6.25. The van der Waals surface area contributed by atoms with Crippen LogP contribution in [0, 0.1) is 0 Å². The third-order valence-corrected chi connectivity index (χ3v) is 4.79. The smallest absolute Gasteiger partial charge is 0.337 e. The topological polar surface area (TPSA) is 49.9 Å². The summed E-state index contributed by atoms with van der Waals surface area (Å²) in [6.45, 7) is 2.86. The number of nitrogens with zero attached hydrogens (tertiary/aromatic N) is 2. The number of hydrogen-bond acceptors (Lipinski definition) is 5. The van der Waals surface area contributed by atoms with Gasteiger partial charge in [0, 0.05) is 31.9 Å². The Bertz CT molecular complexity index is 692. The average molecular weight is 330 g/mol. The molecule has 5 nitrogen and oxygen atoms in total. The number of hydrogen-bond donors (Lipinski definition) is 0. The fourth-order valence-corrected chi connectivity index (χ4v) is 3.36. The van der Waals surface area contributed by atoms with Crippen molar-refractivity contribution in [1.82, 2.24) is 4.90 Å². The largest absolute Gasteiger partial charge is 0.465 e. The quantitative estimate of drug-likeness (QED) is 0.812. The molecule has 0 N–H and O–H groups in total. The van der Waals surface area contributed by atoms with Gasteiger partial charge in [0.15, 0.2) is 0 Å². The maximum Gasteiger partial charge on any atom is 0.337 e. The molecule has 0 saturated carbocycles. The van der Waals surface area contributed by atoms with E-state index in [-0.39, 0.29) is 11.9 Å². The molecule has 1 aromatic carbocycles. The van der Waals surface area contributed by atoms with Crippen molar-refractivity contribution in [1.29, 1.82) is 0 Å². The zero-order chi connectivity index (χ0) is 16.2. The van der Waals surface area contributed by atoms with Gasteiger partial charge in [0.05, 0.1) is 17.6 Å². The van der Waals surface area contributed by atoms with E-state index in [2.05, 4.69) is 4.90 Å². The maximum absolute atomic E-state index is 12.3. The molecule has 0 atom stereocenters. The minimum atomic E-state index is -0.335. The highest BCUT2D eigenvalue weighted by atomic mass is 32.1. The van der Waals surface area contributed by atoms with Crippen LogP contribution in [0.15, 0.2) is 41.8 Å². The van der Waals surface area contributed by atoms with Crippen LogP contribution >= 0.6 is 11.3 Å². The number of rotatable bonds is 3. The Balaban J connectivity index is 1.65. The fraction of sp³-hybridized carbons (Fsp3) is 0.294. The molecule has 0 aliphatic carbocycles. The van der Waals surface area contributed by atoms with Gasteiger partial charge in [0.2, 0.25) is 0 Å². The van der Waals surface area contributed by atoms with Gasteiger partial charge < -0.3 is 14.5 Å². The Morgan fingerprint density at radius 3 is 2.52 bits per heavy atom. The van der Waals surface area contributed by atoms with Crippen molar-refractivity contribution in [3.8, 4) is 0 Å². The Kier molecular flexibility index (Phi) is 4.62. The van der Waals surface area contributed by atoms with Gasteiger partial charge in [-0.1, -0.05) is 12.1 Å². The van der Waals surface area contributed by atoms with Crippen molar-refractivity contribution in [2.75, 3.05) is 38.2 Å². The summed E-state index contributed by atoms with van der Waals surface area (Å²) in [7, 11) is 1.38. The van der Waals surface area contributed by atoms with Crippen molar-refractivity contribution in [3.05, 3.63) is 52.2 Å². The highest BCUT2D eigenvalue weighted by Crippen LogP contribution is 2.20. The molecule has 120 valence electrons. The number of carbonyl (C=O) groups is 2. The summed E-state index contributed by atoms with van der Waals surface area (Å²) in [4.78, 5) is 28.8. The summed E-state index contributed by atoms with van der Waals surface area (Å²) >= 11 is 1.47. The first-order valence-electron chi connectivity index (χ1n) is 7.45. The van der Waals surface area contributed by atoms with Crippen LogP contribution in [0.5, 0.6) is 0 Å². The third-order valence-electron chi connectivity index (χ3n) is 3.93. The zero-order valence-electron chi connectivity index (χ0n) is 12.9. The number of anilines is 1. The molecule has 0 spiro atoms. The zero-order valence-corrected chi connectivity index (χ0v) is 13.7. The monoisotopic (exact) mass is 330 g/mol. The molecule has 1 aliphatic heterocycles. The van der Waals surface area contributed by atoms with Crippen LogP contribution in [0.25, 0.3) is 0 Å². The molecular weight excluding hydrogens is 312 g/mol. The summed E-state index contributed by atoms with van der Waals surface area (Å²) in [5.41, 5.74) is 1.53. The van der Waals surface area contributed by atoms with E-state index in [4.69, 9.17) is 4.74 Å². The predicted octanol–water partition coefficient (Wildman–Crippen LogP) is 2.50. The number of ether oxygens (including phenoxy) is 1. The van der Waals surface area contributed by atoms with E-state index >= 15 is 0 Å². The van der Waals surface area contributed by atoms with Crippen LogP contribution in [0.3, 0.4) is 0 Å². The highest BCUT2D eigenvalue weighted by molar-refractivity contribution is 7.12. The average Bonchev–Trinajstić information content (AvgIpc) is 3.15. The Labute approximate surface area is 139 Å². The first-order chi connectivity index (χ1) is 11.2. The van der Waals surface area contributed by atoms with Gasteiger partial charge in [-0.25, -0.2) is 4.79 Å². The van der Waals surface area contributed by atoms with E-state index in [1.165, 1.54) is 18.4 Å². The van der Waals surface area contributed by atoms with Crippen molar-refractivity contribution in [2.24, 2.45) is 0 Å². The molecule has 3 rings (SSSR count). The number of benzene rings is 1. The number of piperazine rings is 1. The van der Waals surface area contributed by atoms with E-state index in [1.54, 1.807) is 6.07 Å². The van der Waals surface area contributed by atoms with E-state index in [0.717, 1.165) is 23.7 Å². The summed E-state index contributed by atoms with van der Waals surface area (Å²) in [6.07, 6.45) is 0. The second-order valence-electron chi connectivity index (χ2n) is 5.30. The van der Waals surface area contributed by atoms with Crippen molar-refractivity contribution >= 4 is 28.9 Å². The lowest BCUT2D eigenvalue weighted by molar-refractivity contribution is 0.0600. The molecule has 23 heavy (non-hydrogen) atoms. The lowest BCUT2D eigenvalue weighted by Crippen LogP contribution is -2.48. The lowest BCUT2D eigenvalue weighted by atomic mass is 10.1. The summed E-state index contributed by atoms with van der Waals surface area (Å²) in [5.74, 6) is -0.235. The van der Waals surface area contributed by atoms with Crippen LogP contribution in [0.4, 0.5) is 5.69 Å². The molecular formula is C17H18N2O3S. The predicted molar refractivity (Wildman–Crippen MR) is 90.2 cm³/mol. The van der Waals surface area contributed by atoms with Gasteiger partial charge in [-0.2, -0.15) is 0 Å². The number of amides is 1. The maximum atomic E-state index is 12.3. The van der Waals surface area contributed by atoms with Crippen molar-refractivity contribution in [3.63, 3.8) is 0 Å². The van der Waals surface area contributed by atoms with Gasteiger partial charge in [0.1, 0.15) is 0 Å². The van der Waals surface area contributed by atoms with Gasteiger partial charge in [0.25, 0.3) is 5.91 Å². The highest BCUT2D eigenvalue weighted by Gasteiger charge is 2.23. The van der Waals surface area contributed by atoms with Crippen LogP contribution in [-0.2, 0) is 4.74 Å². The Hall–Kier alpha value is -2.34. The van der Waals surface area contributed by atoms with Crippen LogP contribution in [-0.4, -0.2) is 50.1 Å². The number of esters is 1. The minimum absolute atomic E-state index is 0.1000. The third kappa shape index (κ3) is 3.37. The Morgan fingerprint density at radius 2 is 1.87 bits per heavy atom. The second kappa shape index (κ2) is 6.83. The minimum Gasteiger partial charge on any atom is -0.465 e. The number of methoxy groups -OCH3 is 1. The van der Waals surface area contributed by atoms with E-state index in [9.17, 15) is 9.59 Å². The van der Waals surface area contributed by atoms with Crippen LogP contribution in [0.2, 0.25) is 0 Å². The van der Waals surface area contributed by atoms with Gasteiger partial charge in [-0.15, -0.1) is 11.3 Å². The van der Waals surface area contributed by atoms with Crippen molar-refractivity contribution in [2.45, 2.75) is 0 Å². The van der Waals surface area contributed by atoms with E-state index < -0.39 is 0 Å². The standard InChI is InChI=1S/C17H18N2O3S/c1-22-17(21)13-4-2-5-14(12-13)18-7-9-19(10-8-18)16(20)15-6-3-11-23-15/h2-6,11-12H,7-10H2,1H3. The molecule has 0 bridgehead atoms. The molecule has 2 heterocycles. The summed E-state index contributed by atoms with van der Waals surface area (Å²) < 4.78 is 4.76. The van der Waals surface area contributed by atoms with Crippen molar-refractivity contribution < 1.29 is 14.3 Å². The van der Waals surface area contributed by atoms with Gasteiger partial charge in [-0.3, -0.25) is 4.79 Å². The number of carbonyl (C=O) groups excluding carboxylic acids is 2. The van der Waals surface area contributed by atoms with Gasteiger partial charge in [-0.05, 0) is 29.6 Å². The molecule has 0 unspecified atom stereocenters. The fourth-order valence-electron chi connectivity index (χ4n) is 2.67. The van der Waals surface area contributed by atoms with Gasteiger partial charge >= 0.3 is 5.97 Å². The lowest BCUT2D eigenvalue weighted by Gasteiger charge is -2.36. The van der Waals surface area contributed by atoms with E-state index in [0.29, 0.717) is 18.7 Å². The molecule has 6 heteroatoms. The number of thiophene rings is 1. The summed E-state index contributed by atoms with van der Waals surface area (Å²) in [5, 5.41) is 1.92. The normalized spacial score (nSPS) is 14.7. The van der Waals surface area contributed by atoms with Crippen LogP contribution in [0.1, 0.15) is 20.0 Å². The summed E-state index contributed by atoms with van der Waals surface area (Å²) in [6, 6.07) is 11.2. The molecule has 1 amide bonds. The van der Waals surface area contributed by atoms with Crippen LogP contribution < -0.4 is 4.90 Å². The van der Waals surface area contributed by atoms with E-state index in [1.807, 2.05) is 40.6 Å². The molecule has 2 aromatic rings. The first kappa shape index (κ1) is 15.6. The molecule has 1 fully saturated rings.